The third kappa shape index (κ3) is 5.94. The van der Waals surface area contributed by atoms with Crippen LogP contribution in [0.2, 0.25) is 0 Å². The number of hydrogen-bond acceptors (Lipinski definition) is 7. The zero-order valence-corrected chi connectivity index (χ0v) is 22.5. The number of benzene rings is 1. The molecule has 3 fully saturated rings. The average Bonchev–Trinajstić information content (AvgIpc) is 3.67. The molecule has 0 amide bonds. The molecule has 6 rings (SSSR count). The monoisotopic (exact) mass is 530 g/mol. The van der Waals surface area contributed by atoms with Gasteiger partial charge in [-0.3, -0.25) is 10.3 Å². The lowest BCUT2D eigenvalue weighted by Crippen LogP contribution is -2.53. The number of aromatic nitrogens is 1. The fourth-order valence-electron chi connectivity index (χ4n) is 6.31. The number of pyridine rings is 1. The molecule has 3 saturated heterocycles. The van der Waals surface area contributed by atoms with Crippen LogP contribution in [0.1, 0.15) is 43.0 Å². The average molecular weight is 531 g/mol. The molecule has 5 heterocycles. The van der Waals surface area contributed by atoms with E-state index in [0.29, 0.717) is 5.84 Å². The maximum absolute atomic E-state index is 13.8. The van der Waals surface area contributed by atoms with Gasteiger partial charge in [0.25, 0.3) is 0 Å². The zero-order valence-electron chi connectivity index (χ0n) is 22.5. The standard InChI is InChI=1S/C30H39FN8/c31-23-5-1-4-22(20-23)27-7-3-15-39(27)28(32)9-10-29-34-21-26(35-29)25-6-2-8-30(36-25)38-18-16-37(17-19-38)24-11-13-33-14-12-24/h1-2,4-6,8-10,20-21,24,27,29,32-35H,3,7,11-19H2/b10-9-,32-28?/t27-,29?/m1/s1. The molecule has 9 heteroatoms. The fraction of sp³-hybridized carbons (Fsp3) is 0.467. The summed E-state index contributed by atoms with van der Waals surface area (Å²) < 4.78 is 13.8. The lowest BCUT2D eigenvalue weighted by molar-refractivity contribution is 0.153. The van der Waals surface area contributed by atoms with Crippen LogP contribution in [-0.4, -0.2) is 78.6 Å². The molecule has 2 atom stereocenters. The van der Waals surface area contributed by atoms with Crippen LogP contribution in [0, 0.1) is 11.2 Å². The molecular weight excluding hydrogens is 491 g/mol. The van der Waals surface area contributed by atoms with Gasteiger partial charge in [-0.1, -0.05) is 18.2 Å². The number of nitrogens with one attached hydrogen (secondary N) is 4. The van der Waals surface area contributed by atoms with Gasteiger partial charge in [-0.2, -0.15) is 0 Å². The minimum Gasteiger partial charge on any atom is -0.366 e. The summed E-state index contributed by atoms with van der Waals surface area (Å²) in [5, 5.41) is 19.0. The van der Waals surface area contributed by atoms with Gasteiger partial charge in [0.15, 0.2) is 0 Å². The van der Waals surface area contributed by atoms with Crippen LogP contribution in [0.5, 0.6) is 0 Å². The highest BCUT2D eigenvalue weighted by Gasteiger charge is 2.28. The summed E-state index contributed by atoms with van der Waals surface area (Å²) >= 11 is 0. The van der Waals surface area contributed by atoms with E-state index in [1.807, 2.05) is 30.5 Å². The molecule has 0 aliphatic carbocycles. The van der Waals surface area contributed by atoms with Gasteiger partial charge in [0, 0.05) is 45.0 Å². The largest absolute Gasteiger partial charge is 0.366 e. The van der Waals surface area contributed by atoms with Crippen LogP contribution in [0.15, 0.2) is 60.8 Å². The van der Waals surface area contributed by atoms with Crippen molar-refractivity contribution in [3.8, 4) is 0 Å². The maximum Gasteiger partial charge on any atom is 0.129 e. The molecule has 1 aromatic heterocycles. The number of amidine groups is 1. The van der Waals surface area contributed by atoms with Crippen molar-refractivity contribution in [3.63, 3.8) is 0 Å². The molecule has 0 bridgehead atoms. The number of piperazine rings is 1. The quantitative estimate of drug-likeness (QED) is 0.337. The summed E-state index contributed by atoms with van der Waals surface area (Å²) in [5.74, 6) is 1.25. The Morgan fingerprint density at radius 3 is 2.64 bits per heavy atom. The Bertz CT molecular complexity index is 1210. The smallest absolute Gasteiger partial charge is 0.129 e. The van der Waals surface area contributed by atoms with Gasteiger partial charge < -0.3 is 25.8 Å². The molecule has 39 heavy (non-hydrogen) atoms. The number of halogens is 1. The molecule has 4 aliphatic heterocycles. The number of piperidine rings is 1. The molecule has 4 N–H and O–H groups in total. The molecule has 1 unspecified atom stereocenters. The second-order valence-electron chi connectivity index (χ2n) is 10.9. The summed E-state index contributed by atoms with van der Waals surface area (Å²) in [6.45, 7) is 7.27. The Balaban J connectivity index is 1.03. The van der Waals surface area contributed by atoms with E-state index in [0.717, 1.165) is 87.5 Å². The first-order valence-corrected chi connectivity index (χ1v) is 14.3. The topological polar surface area (TPSA) is 82.5 Å². The molecular formula is C30H39FN8. The van der Waals surface area contributed by atoms with Crippen molar-refractivity contribution < 1.29 is 4.39 Å². The van der Waals surface area contributed by atoms with Gasteiger partial charge >= 0.3 is 0 Å². The van der Waals surface area contributed by atoms with Gasteiger partial charge in [0.1, 0.15) is 23.6 Å². The van der Waals surface area contributed by atoms with E-state index in [-0.39, 0.29) is 18.0 Å². The first kappa shape index (κ1) is 25.8. The van der Waals surface area contributed by atoms with Crippen LogP contribution < -0.4 is 20.9 Å². The minimum atomic E-state index is -0.225. The Morgan fingerprint density at radius 2 is 1.82 bits per heavy atom. The zero-order chi connectivity index (χ0) is 26.6. The Kier molecular flexibility index (Phi) is 7.78. The summed E-state index contributed by atoms with van der Waals surface area (Å²) in [4.78, 5) is 12.1. The number of anilines is 1. The second kappa shape index (κ2) is 11.8. The summed E-state index contributed by atoms with van der Waals surface area (Å²) in [5.41, 5.74) is 2.80. The predicted octanol–water partition coefficient (Wildman–Crippen LogP) is 3.28. The third-order valence-electron chi connectivity index (χ3n) is 8.43. The summed E-state index contributed by atoms with van der Waals surface area (Å²) in [7, 11) is 0. The molecule has 0 saturated carbocycles. The van der Waals surface area contributed by atoms with Crippen LogP contribution in [0.4, 0.5) is 10.2 Å². The Morgan fingerprint density at radius 1 is 1.00 bits per heavy atom. The summed E-state index contributed by atoms with van der Waals surface area (Å²) in [6, 6.07) is 13.8. The third-order valence-corrected chi connectivity index (χ3v) is 8.43. The van der Waals surface area contributed by atoms with E-state index in [1.165, 1.54) is 18.9 Å². The maximum atomic E-state index is 13.8. The molecule has 0 spiro atoms. The van der Waals surface area contributed by atoms with Gasteiger partial charge in [-0.25, -0.2) is 9.37 Å². The molecule has 2 aromatic rings. The van der Waals surface area contributed by atoms with E-state index < -0.39 is 0 Å². The second-order valence-corrected chi connectivity index (χ2v) is 10.9. The van der Waals surface area contributed by atoms with E-state index in [2.05, 4.69) is 42.8 Å². The van der Waals surface area contributed by atoms with Crippen LogP contribution in [-0.2, 0) is 0 Å². The normalized spacial score (nSPS) is 24.6. The first-order valence-electron chi connectivity index (χ1n) is 14.3. The van der Waals surface area contributed by atoms with Crippen molar-refractivity contribution in [3.05, 3.63) is 77.9 Å². The molecule has 8 nitrogen and oxygen atoms in total. The van der Waals surface area contributed by atoms with Crippen molar-refractivity contribution >= 4 is 17.4 Å². The van der Waals surface area contributed by atoms with Crippen LogP contribution >= 0.6 is 0 Å². The molecule has 206 valence electrons. The van der Waals surface area contributed by atoms with Crippen molar-refractivity contribution in [2.75, 3.05) is 50.7 Å². The number of likely N-dealkylation sites (tertiary alicyclic amines) is 1. The van der Waals surface area contributed by atoms with Crippen LogP contribution in [0.3, 0.4) is 0 Å². The van der Waals surface area contributed by atoms with Gasteiger partial charge in [0.05, 0.1) is 17.4 Å². The van der Waals surface area contributed by atoms with Gasteiger partial charge in [-0.15, -0.1) is 0 Å². The van der Waals surface area contributed by atoms with Crippen molar-refractivity contribution in [1.82, 2.24) is 30.7 Å². The van der Waals surface area contributed by atoms with Crippen molar-refractivity contribution in [2.24, 2.45) is 0 Å². The lowest BCUT2D eigenvalue weighted by Gasteiger charge is -2.41. The summed E-state index contributed by atoms with van der Waals surface area (Å²) in [6.07, 6.45) is 10.1. The highest BCUT2D eigenvalue weighted by Crippen LogP contribution is 2.32. The van der Waals surface area contributed by atoms with E-state index >= 15 is 0 Å². The highest BCUT2D eigenvalue weighted by molar-refractivity contribution is 5.91. The fourth-order valence-corrected chi connectivity index (χ4v) is 6.31. The molecule has 0 radical (unpaired) electrons. The van der Waals surface area contributed by atoms with E-state index in [9.17, 15) is 4.39 Å². The van der Waals surface area contributed by atoms with Gasteiger partial charge in [-0.05, 0) is 80.8 Å². The Labute approximate surface area is 230 Å². The predicted molar refractivity (Wildman–Crippen MR) is 154 cm³/mol. The number of nitrogens with zero attached hydrogens (tertiary/aromatic N) is 4. The number of hydrogen-bond donors (Lipinski definition) is 4. The first-order chi connectivity index (χ1) is 19.1. The van der Waals surface area contributed by atoms with Crippen LogP contribution in [0.25, 0.3) is 5.70 Å². The minimum absolute atomic E-state index is 0.0458. The van der Waals surface area contributed by atoms with Gasteiger partial charge in [0.2, 0.25) is 0 Å². The van der Waals surface area contributed by atoms with Crippen molar-refractivity contribution in [1.29, 1.82) is 5.41 Å². The SMILES string of the molecule is N=C(/C=C\C1NC=C(c2cccc(N3CCN(C4CCNCC4)CC3)n2)N1)N1CCC[C@@H]1c1cccc(F)c1. The molecule has 1 aromatic carbocycles. The lowest BCUT2D eigenvalue weighted by atomic mass is 10.0. The van der Waals surface area contributed by atoms with Crippen molar-refractivity contribution in [2.45, 2.75) is 43.9 Å². The van der Waals surface area contributed by atoms with E-state index in [1.54, 1.807) is 12.1 Å². The molecule has 4 aliphatic rings. The highest BCUT2D eigenvalue weighted by atomic mass is 19.1. The number of rotatable bonds is 6. The Hall–Kier alpha value is -3.43. The van der Waals surface area contributed by atoms with E-state index in [4.69, 9.17) is 10.4 Å².